The summed E-state index contributed by atoms with van der Waals surface area (Å²) in [5.74, 6) is 0.573. The van der Waals surface area contributed by atoms with E-state index in [4.69, 9.17) is 0 Å². The second-order valence-corrected chi connectivity index (χ2v) is 5.99. The third-order valence-corrected chi connectivity index (χ3v) is 3.74. The molecule has 0 aromatic heterocycles. The number of hydrogen-bond acceptors (Lipinski definition) is 2. The van der Waals surface area contributed by atoms with Gasteiger partial charge in [-0.3, -0.25) is 0 Å². The number of rotatable bonds is 3. The number of hydrogen-bond donors (Lipinski definition) is 1. The Hall–Kier alpha value is -1.09. The van der Waals surface area contributed by atoms with Crippen molar-refractivity contribution in [3.8, 4) is 0 Å². The lowest BCUT2D eigenvalue weighted by molar-refractivity contribution is 0.435. The molecule has 106 valence electrons. The largest absolute Gasteiger partial charge is 0.367 e. The Morgan fingerprint density at radius 1 is 1.42 bits per heavy atom. The van der Waals surface area contributed by atoms with Gasteiger partial charge in [0.15, 0.2) is 0 Å². The highest BCUT2D eigenvalue weighted by atomic mass is 19.1. The van der Waals surface area contributed by atoms with Crippen LogP contribution >= 0.6 is 0 Å². The van der Waals surface area contributed by atoms with Crippen molar-refractivity contribution in [3.63, 3.8) is 0 Å². The number of para-hydroxylation sites is 1. The van der Waals surface area contributed by atoms with Crippen molar-refractivity contribution in [1.82, 2.24) is 5.32 Å². The number of nitrogens with zero attached hydrogens (tertiary/aromatic N) is 1. The van der Waals surface area contributed by atoms with Gasteiger partial charge in [0.25, 0.3) is 0 Å². The molecule has 1 fully saturated rings. The maximum Gasteiger partial charge on any atom is 0.146 e. The number of anilines is 1. The van der Waals surface area contributed by atoms with Crippen LogP contribution in [0.2, 0.25) is 0 Å². The van der Waals surface area contributed by atoms with Crippen molar-refractivity contribution in [2.45, 2.75) is 39.7 Å². The summed E-state index contributed by atoms with van der Waals surface area (Å²) in [5.41, 5.74) is 1.82. The lowest BCUT2D eigenvalue weighted by Gasteiger charge is -2.29. The van der Waals surface area contributed by atoms with Crippen LogP contribution in [0, 0.1) is 18.7 Å². The van der Waals surface area contributed by atoms with Crippen LogP contribution in [0.5, 0.6) is 0 Å². The van der Waals surface area contributed by atoms with E-state index in [-0.39, 0.29) is 5.82 Å². The monoisotopic (exact) mass is 264 g/mol. The molecule has 1 N–H and O–H groups in total. The minimum Gasteiger partial charge on any atom is -0.367 e. The molecule has 1 aliphatic heterocycles. The fourth-order valence-corrected chi connectivity index (χ4v) is 2.95. The van der Waals surface area contributed by atoms with Crippen molar-refractivity contribution in [1.29, 1.82) is 0 Å². The van der Waals surface area contributed by atoms with Gasteiger partial charge in [0.2, 0.25) is 0 Å². The average molecular weight is 264 g/mol. The average Bonchev–Trinajstić information content (AvgIpc) is 2.54. The fourth-order valence-electron chi connectivity index (χ4n) is 2.95. The quantitative estimate of drug-likeness (QED) is 0.900. The van der Waals surface area contributed by atoms with E-state index in [0.29, 0.717) is 12.0 Å². The summed E-state index contributed by atoms with van der Waals surface area (Å²) in [5, 5.41) is 3.59. The van der Waals surface area contributed by atoms with Crippen molar-refractivity contribution < 1.29 is 4.39 Å². The van der Waals surface area contributed by atoms with Gasteiger partial charge in [-0.2, -0.15) is 0 Å². The molecule has 1 aromatic rings. The van der Waals surface area contributed by atoms with E-state index < -0.39 is 0 Å². The molecule has 2 nitrogen and oxygen atoms in total. The summed E-state index contributed by atoms with van der Waals surface area (Å²) in [4.78, 5) is 2.22. The van der Waals surface area contributed by atoms with Gasteiger partial charge in [-0.1, -0.05) is 26.0 Å². The van der Waals surface area contributed by atoms with Crippen molar-refractivity contribution in [3.05, 3.63) is 29.6 Å². The molecule has 2 rings (SSSR count). The zero-order chi connectivity index (χ0) is 13.8. The first kappa shape index (κ1) is 14.3. The first-order valence-corrected chi connectivity index (χ1v) is 7.31. The van der Waals surface area contributed by atoms with Crippen LogP contribution in [0.1, 0.15) is 32.3 Å². The van der Waals surface area contributed by atoms with Gasteiger partial charge in [-0.05, 0) is 43.9 Å². The molecule has 3 heteroatoms. The van der Waals surface area contributed by atoms with E-state index in [1.165, 1.54) is 0 Å². The molecule has 1 unspecified atom stereocenters. The predicted molar refractivity (Wildman–Crippen MR) is 79.2 cm³/mol. The SMILES string of the molecule is Cc1cccc(F)c1N1CCCNC(CC(C)C)C1. The third-order valence-electron chi connectivity index (χ3n) is 3.74. The first-order chi connectivity index (χ1) is 9.08. The van der Waals surface area contributed by atoms with E-state index in [1.54, 1.807) is 12.1 Å². The highest BCUT2D eigenvalue weighted by Crippen LogP contribution is 2.25. The minimum absolute atomic E-state index is 0.0924. The molecule has 19 heavy (non-hydrogen) atoms. The second kappa shape index (κ2) is 6.38. The Labute approximate surface area is 116 Å². The van der Waals surface area contributed by atoms with Crippen LogP contribution in [-0.4, -0.2) is 25.7 Å². The number of halogens is 1. The Kier molecular flexibility index (Phi) is 4.81. The summed E-state index contributed by atoms with van der Waals surface area (Å²) in [6, 6.07) is 5.81. The van der Waals surface area contributed by atoms with Crippen LogP contribution in [0.25, 0.3) is 0 Å². The van der Waals surface area contributed by atoms with E-state index in [0.717, 1.165) is 43.7 Å². The highest BCUT2D eigenvalue weighted by molar-refractivity contribution is 5.54. The molecule has 0 spiro atoms. The lowest BCUT2D eigenvalue weighted by Crippen LogP contribution is -2.39. The molecular formula is C16H25FN2. The van der Waals surface area contributed by atoms with E-state index in [1.807, 2.05) is 13.0 Å². The zero-order valence-electron chi connectivity index (χ0n) is 12.2. The zero-order valence-corrected chi connectivity index (χ0v) is 12.2. The van der Waals surface area contributed by atoms with Crippen LogP contribution in [0.15, 0.2) is 18.2 Å². The van der Waals surface area contributed by atoms with Crippen LogP contribution < -0.4 is 10.2 Å². The van der Waals surface area contributed by atoms with Gasteiger partial charge in [-0.25, -0.2) is 4.39 Å². The third kappa shape index (κ3) is 3.69. The molecule has 0 bridgehead atoms. The normalized spacial score (nSPS) is 20.7. The molecular weight excluding hydrogens is 239 g/mol. The summed E-state index contributed by atoms with van der Waals surface area (Å²) in [6.45, 7) is 9.34. The Balaban J connectivity index is 2.18. The number of aryl methyl sites for hydroxylation is 1. The maximum atomic E-state index is 14.1. The predicted octanol–water partition coefficient (Wildman–Crippen LogP) is 3.35. The Morgan fingerprint density at radius 3 is 2.89 bits per heavy atom. The summed E-state index contributed by atoms with van der Waals surface area (Å²) in [7, 11) is 0. The van der Waals surface area contributed by atoms with Gasteiger partial charge >= 0.3 is 0 Å². The van der Waals surface area contributed by atoms with E-state index in [9.17, 15) is 4.39 Å². The van der Waals surface area contributed by atoms with Crippen LogP contribution in [0.4, 0.5) is 10.1 Å². The molecule has 1 saturated heterocycles. The topological polar surface area (TPSA) is 15.3 Å². The molecule has 1 heterocycles. The van der Waals surface area contributed by atoms with Crippen molar-refractivity contribution in [2.75, 3.05) is 24.5 Å². The minimum atomic E-state index is -0.0924. The van der Waals surface area contributed by atoms with Gasteiger partial charge < -0.3 is 10.2 Å². The van der Waals surface area contributed by atoms with Gasteiger partial charge in [0, 0.05) is 19.1 Å². The number of nitrogens with one attached hydrogen (secondary N) is 1. The summed E-state index contributed by atoms with van der Waals surface area (Å²) >= 11 is 0. The lowest BCUT2D eigenvalue weighted by atomic mass is 10.0. The fraction of sp³-hybridized carbons (Fsp3) is 0.625. The Morgan fingerprint density at radius 2 is 2.21 bits per heavy atom. The molecule has 0 amide bonds. The summed E-state index contributed by atoms with van der Waals surface area (Å²) < 4.78 is 14.1. The molecule has 1 aromatic carbocycles. The first-order valence-electron chi connectivity index (χ1n) is 7.31. The second-order valence-electron chi connectivity index (χ2n) is 5.99. The molecule has 0 aliphatic carbocycles. The standard InChI is InChI=1S/C16H25FN2/c1-12(2)10-14-11-19(9-5-8-18-14)16-13(3)6-4-7-15(16)17/h4,6-7,12,14,18H,5,8-11H2,1-3H3. The van der Waals surface area contributed by atoms with Gasteiger partial charge in [-0.15, -0.1) is 0 Å². The highest BCUT2D eigenvalue weighted by Gasteiger charge is 2.21. The Bertz CT molecular complexity index is 397. The van der Waals surface area contributed by atoms with Gasteiger partial charge in [0.1, 0.15) is 5.82 Å². The van der Waals surface area contributed by atoms with Crippen molar-refractivity contribution in [2.24, 2.45) is 5.92 Å². The van der Waals surface area contributed by atoms with E-state index in [2.05, 4.69) is 24.1 Å². The van der Waals surface area contributed by atoms with Gasteiger partial charge in [0.05, 0.1) is 5.69 Å². The molecule has 1 aliphatic rings. The molecule has 0 radical (unpaired) electrons. The smallest absolute Gasteiger partial charge is 0.146 e. The van der Waals surface area contributed by atoms with Crippen molar-refractivity contribution >= 4 is 5.69 Å². The van der Waals surface area contributed by atoms with Crippen LogP contribution in [-0.2, 0) is 0 Å². The number of benzene rings is 1. The molecule has 0 saturated carbocycles. The van der Waals surface area contributed by atoms with E-state index >= 15 is 0 Å². The maximum absolute atomic E-state index is 14.1. The molecule has 1 atom stereocenters. The van der Waals surface area contributed by atoms with Crippen LogP contribution in [0.3, 0.4) is 0 Å². The summed E-state index contributed by atoms with van der Waals surface area (Å²) in [6.07, 6.45) is 2.21.